The standard InChI is InChI=1S/C25H32N4O2/c30-24(20-29-14-6-2-5-9-25(29)31)26-22-10-12-23(13-11-22)28-17-15-27(16-18-28)19-21-7-3-1-4-8-21/h1,3-4,7-8,10-13H,2,5-6,9,14-20H2,(H,26,30). The van der Waals surface area contributed by atoms with Crippen molar-refractivity contribution in [1.29, 1.82) is 0 Å². The molecule has 0 aliphatic carbocycles. The predicted molar refractivity (Wildman–Crippen MR) is 124 cm³/mol. The second-order valence-corrected chi connectivity index (χ2v) is 8.47. The van der Waals surface area contributed by atoms with Crippen molar-refractivity contribution in [3.05, 3.63) is 60.2 Å². The van der Waals surface area contributed by atoms with Gasteiger partial charge in [0, 0.05) is 57.1 Å². The zero-order valence-electron chi connectivity index (χ0n) is 18.1. The van der Waals surface area contributed by atoms with Crippen molar-refractivity contribution in [2.45, 2.75) is 32.2 Å². The molecule has 2 fully saturated rings. The Morgan fingerprint density at radius 1 is 0.839 bits per heavy atom. The Bertz CT molecular complexity index is 861. The van der Waals surface area contributed by atoms with Crippen LogP contribution < -0.4 is 10.2 Å². The molecule has 2 aromatic rings. The minimum atomic E-state index is -0.127. The molecule has 0 spiro atoms. The highest BCUT2D eigenvalue weighted by atomic mass is 16.2. The lowest BCUT2D eigenvalue weighted by atomic mass is 10.2. The molecule has 6 nitrogen and oxygen atoms in total. The van der Waals surface area contributed by atoms with Crippen molar-refractivity contribution < 1.29 is 9.59 Å². The van der Waals surface area contributed by atoms with Gasteiger partial charge in [0.15, 0.2) is 0 Å². The van der Waals surface area contributed by atoms with Gasteiger partial charge in [0.05, 0.1) is 6.54 Å². The van der Waals surface area contributed by atoms with E-state index in [0.717, 1.165) is 57.7 Å². The van der Waals surface area contributed by atoms with Crippen LogP contribution in [0.5, 0.6) is 0 Å². The number of nitrogens with one attached hydrogen (secondary N) is 1. The summed E-state index contributed by atoms with van der Waals surface area (Å²) in [6, 6.07) is 18.7. The number of amides is 2. The van der Waals surface area contributed by atoms with E-state index in [2.05, 4.69) is 57.6 Å². The number of benzene rings is 2. The number of hydrogen-bond donors (Lipinski definition) is 1. The molecule has 31 heavy (non-hydrogen) atoms. The number of anilines is 2. The van der Waals surface area contributed by atoms with Gasteiger partial charge in [-0.25, -0.2) is 0 Å². The van der Waals surface area contributed by atoms with Crippen LogP contribution in [-0.4, -0.2) is 60.9 Å². The fraction of sp³-hybridized carbons (Fsp3) is 0.440. The second kappa shape index (κ2) is 10.4. The van der Waals surface area contributed by atoms with Crippen LogP contribution in [0.15, 0.2) is 54.6 Å². The number of nitrogens with zero attached hydrogens (tertiary/aromatic N) is 3. The number of carbonyl (C=O) groups is 2. The molecule has 2 aliphatic heterocycles. The van der Waals surface area contributed by atoms with Crippen molar-refractivity contribution in [1.82, 2.24) is 9.80 Å². The summed E-state index contributed by atoms with van der Waals surface area (Å²) >= 11 is 0. The summed E-state index contributed by atoms with van der Waals surface area (Å²) < 4.78 is 0. The lowest BCUT2D eigenvalue weighted by Crippen LogP contribution is -2.45. The van der Waals surface area contributed by atoms with Gasteiger partial charge in [0.1, 0.15) is 0 Å². The monoisotopic (exact) mass is 420 g/mol. The van der Waals surface area contributed by atoms with E-state index in [1.165, 1.54) is 11.3 Å². The molecule has 0 radical (unpaired) electrons. The number of piperazine rings is 1. The van der Waals surface area contributed by atoms with Crippen molar-refractivity contribution in [2.75, 3.05) is 49.5 Å². The van der Waals surface area contributed by atoms with Crippen LogP contribution in [0.4, 0.5) is 11.4 Å². The molecule has 4 rings (SSSR count). The summed E-state index contributed by atoms with van der Waals surface area (Å²) in [5.74, 6) is -0.0352. The summed E-state index contributed by atoms with van der Waals surface area (Å²) in [6.45, 7) is 5.89. The summed E-state index contributed by atoms with van der Waals surface area (Å²) in [7, 11) is 0. The molecule has 0 bridgehead atoms. The van der Waals surface area contributed by atoms with E-state index in [4.69, 9.17) is 0 Å². The van der Waals surface area contributed by atoms with Crippen LogP contribution in [0, 0.1) is 0 Å². The number of likely N-dealkylation sites (tertiary alicyclic amines) is 1. The van der Waals surface area contributed by atoms with Crippen LogP contribution in [0.25, 0.3) is 0 Å². The smallest absolute Gasteiger partial charge is 0.243 e. The average molecular weight is 421 g/mol. The molecule has 6 heteroatoms. The zero-order valence-corrected chi connectivity index (χ0v) is 18.1. The fourth-order valence-corrected chi connectivity index (χ4v) is 4.34. The molecule has 2 aromatic carbocycles. The third-order valence-electron chi connectivity index (χ3n) is 6.14. The van der Waals surface area contributed by atoms with Crippen LogP contribution >= 0.6 is 0 Å². The van der Waals surface area contributed by atoms with Crippen molar-refractivity contribution in [3.63, 3.8) is 0 Å². The molecule has 0 unspecified atom stereocenters. The first kappa shape index (κ1) is 21.4. The minimum Gasteiger partial charge on any atom is -0.369 e. The number of carbonyl (C=O) groups excluding carboxylic acids is 2. The second-order valence-electron chi connectivity index (χ2n) is 8.47. The van der Waals surface area contributed by atoms with Gasteiger partial charge in [-0.3, -0.25) is 14.5 Å². The maximum atomic E-state index is 12.4. The summed E-state index contributed by atoms with van der Waals surface area (Å²) in [5.41, 5.74) is 3.32. The molecule has 164 valence electrons. The van der Waals surface area contributed by atoms with Crippen LogP contribution in [-0.2, 0) is 16.1 Å². The molecule has 2 aliphatic rings. The van der Waals surface area contributed by atoms with E-state index in [0.29, 0.717) is 13.0 Å². The van der Waals surface area contributed by atoms with E-state index in [-0.39, 0.29) is 18.4 Å². The fourth-order valence-electron chi connectivity index (χ4n) is 4.34. The first-order chi connectivity index (χ1) is 15.2. The molecule has 0 saturated carbocycles. The molecule has 1 N–H and O–H groups in total. The quantitative estimate of drug-likeness (QED) is 0.779. The first-order valence-electron chi connectivity index (χ1n) is 11.4. The van der Waals surface area contributed by atoms with E-state index < -0.39 is 0 Å². The first-order valence-corrected chi connectivity index (χ1v) is 11.4. The van der Waals surface area contributed by atoms with E-state index in [9.17, 15) is 9.59 Å². The van der Waals surface area contributed by atoms with Gasteiger partial charge in [-0.2, -0.15) is 0 Å². The Hall–Kier alpha value is -2.86. The Morgan fingerprint density at radius 3 is 2.32 bits per heavy atom. The van der Waals surface area contributed by atoms with Gasteiger partial charge in [0.2, 0.25) is 11.8 Å². The van der Waals surface area contributed by atoms with Crippen molar-refractivity contribution in [2.24, 2.45) is 0 Å². The summed E-state index contributed by atoms with van der Waals surface area (Å²) in [5, 5.41) is 2.94. The van der Waals surface area contributed by atoms with Gasteiger partial charge in [-0.1, -0.05) is 36.8 Å². The molecule has 2 amide bonds. The van der Waals surface area contributed by atoms with E-state index in [1.54, 1.807) is 4.90 Å². The minimum absolute atomic E-state index is 0.0920. The van der Waals surface area contributed by atoms with Gasteiger partial charge < -0.3 is 15.1 Å². The third kappa shape index (κ3) is 6.07. The third-order valence-corrected chi connectivity index (χ3v) is 6.14. The normalized spacial score (nSPS) is 18.0. The number of rotatable bonds is 6. The summed E-state index contributed by atoms with van der Waals surface area (Å²) in [4.78, 5) is 31.0. The van der Waals surface area contributed by atoms with Gasteiger partial charge >= 0.3 is 0 Å². The van der Waals surface area contributed by atoms with E-state index in [1.807, 2.05) is 12.1 Å². The van der Waals surface area contributed by atoms with Crippen LogP contribution in [0.1, 0.15) is 31.2 Å². The maximum Gasteiger partial charge on any atom is 0.243 e. The highest BCUT2D eigenvalue weighted by molar-refractivity contribution is 5.94. The summed E-state index contributed by atoms with van der Waals surface area (Å²) in [6.07, 6.45) is 3.53. The molecular formula is C25H32N4O2. The van der Waals surface area contributed by atoms with E-state index >= 15 is 0 Å². The highest BCUT2D eigenvalue weighted by Crippen LogP contribution is 2.20. The molecule has 0 aromatic heterocycles. The predicted octanol–water partition coefficient (Wildman–Crippen LogP) is 3.35. The Labute approximate surface area is 184 Å². The molecule has 2 saturated heterocycles. The van der Waals surface area contributed by atoms with Gasteiger partial charge in [0.25, 0.3) is 0 Å². The highest BCUT2D eigenvalue weighted by Gasteiger charge is 2.20. The number of hydrogen-bond acceptors (Lipinski definition) is 4. The Balaban J connectivity index is 1.24. The largest absolute Gasteiger partial charge is 0.369 e. The SMILES string of the molecule is O=C(CN1CCCCCC1=O)Nc1ccc(N2CCN(Cc3ccccc3)CC2)cc1. The Morgan fingerprint density at radius 2 is 1.58 bits per heavy atom. The van der Waals surface area contributed by atoms with Crippen LogP contribution in [0.2, 0.25) is 0 Å². The molecule has 2 heterocycles. The topological polar surface area (TPSA) is 55.9 Å². The Kier molecular flexibility index (Phi) is 7.20. The van der Waals surface area contributed by atoms with Gasteiger partial charge in [-0.05, 0) is 42.7 Å². The zero-order chi connectivity index (χ0) is 21.5. The van der Waals surface area contributed by atoms with Crippen LogP contribution in [0.3, 0.4) is 0 Å². The van der Waals surface area contributed by atoms with Gasteiger partial charge in [-0.15, -0.1) is 0 Å². The average Bonchev–Trinajstić information content (AvgIpc) is 2.99. The maximum absolute atomic E-state index is 12.4. The molecular weight excluding hydrogens is 388 g/mol. The molecule has 0 atom stereocenters. The lowest BCUT2D eigenvalue weighted by molar-refractivity contribution is -0.134. The lowest BCUT2D eigenvalue weighted by Gasteiger charge is -2.36. The van der Waals surface area contributed by atoms with Crippen molar-refractivity contribution in [3.8, 4) is 0 Å². The van der Waals surface area contributed by atoms with Crippen molar-refractivity contribution >= 4 is 23.2 Å².